The second-order valence-electron chi connectivity index (χ2n) is 38.1. The lowest BCUT2D eigenvalue weighted by atomic mass is 9.66. The maximum absolute atomic E-state index is 5.86. The highest BCUT2D eigenvalue weighted by atomic mass is 16.5. The summed E-state index contributed by atoms with van der Waals surface area (Å²) in [5, 5.41) is 0. The summed E-state index contributed by atoms with van der Waals surface area (Å²) in [5.41, 5.74) is 42.8. The Bertz CT molecular complexity index is 6960. The molecule has 0 radical (unpaired) electrons. The highest BCUT2D eigenvalue weighted by Crippen LogP contribution is 2.58. The van der Waals surface area contributed by atoms with Gasteiger partial charge in [0.05, 0.1) is 18.6 Å². The van der Waals surface area contributed by atoms with Crippen molar-refractivity contribution in [3.05, 3.63) is 596 Å². The van der Waals surface area contributed by atoms with Gasteiger partial charge in [0, 0.05) is 22.2 Å². The van der Waals surface area contributed by atoms with Crippen molar-refractivity contribution in [1.29, 1.82) is 0 Å². The molecule has 0 spiro atoms. The molecule has 138 heavy (non-hydrogen) atoms. The minimum atomic E-state index is -0.429. The molecule has 19 aromatic rings. The van der Waals surface area contributed by atoms with Crippen molar-refractivity contribution in [2.75, 3.05) is 13.2 Å². The number of hydrogen-bond acceptors (Lipinski definition) is 2. The van der Waals surface area contributed by atoms with E-state index in [2.05, 4.69) is 563 Å². The molecule has 0 saturated carbocycles. The first kappa shape index (κ1) is 94.5. The van der Waals surface area contributed by atoms with Gasteiger partial charge in [0.2, 0.25) is 0 Å². The third-order valence-corrected chi connectivity index (χ3v) is 28.5. The van der Waals surface area contributed by atoms with Crippen LogP contribution in [-0.2, 0) is 21.7 Å². The number of rotatable bonds is 24. The van der Waals surface area contributed by atoms with Gasteiger partial charge in [-0.3, -0.25) is 0 Å². The molecule has 0 aromatic heterocycles. The zero-order chi connectivity index (χ0) is 95.8. The predicted molar refractivity (Wildman–Crippen MR) is 584 cm³/mol. The van der Waals surface area contributed by atoms with Crippen LogP contribution < -0.4 is 9.47 Å². The number of aryl methyl sites for hydroxylation is 7. The van der Waals surface area contributed by atoms with Crippen molar-refractivity contribution in [3.63, 3.8) is 0 Å². The Kier molecular flexibility index (Phi) is 29.3. The molecule has 0 saturated heterocycles. The van der Waals surface area contributed by atoms with E-state index in [1.54, 1.807) is 0 Å². The van der Waals surface area contributed by atoms with Crippen molar-refractivity contribution in [1.82, 2.24) is 0 Å². The number of ether oxygens (including phenoxy) is 2. The van der Waals surface area contributed by atoms with E-state index in [-0.39, 0.29) is 22.2 Å². The van der Waals surface area contributed by atoms with Crippen LogP contribution in [-0.4, -0.2) is 13.2 Å². The van der Waals surface area contributed by atoms with Crippen LogP contribution >= 0.6 is 0 Å². The van der Waals surface area contributed by atoms with Gasteiger partial charge >= 0.3 is 0 Å². The van der Waals surface area contributed by atoms with Crippen molar-refractivity contribution in [2.24, 2.45) is 0 Å². The van der Waals surface area contributed by atoms with E-state index in [9.17, 15) is 0 Å². The molecule has 20 rings (SSSR count). The molecule has 0 bridgehead atoms. The summed E-state index contributed by atoms with van der Waals surface area (Å²) in [6.45, 7) is 30.2. The molecule has 1 aliphatic rings. The van der Waals surface area contributed by atoms with Gasteiger partial charge in [-0.25, -0.2) is 0 Å². The maximum atomic E-state index is 5.86. The molecule has 1 unspecified atom stereocenters. The summed E-state index contributed by atoms with van der Waals surface area (Å²) in [5.74, 6) is 1.97. The lowest BCUT2D eigenvalue weighted by molar-refractivity contribution is 0.317. The van der Waals surface area contributed by atoms with Crippen molar-refractivity contribution in [3.8, 4) is 78.3 Å². The molecule has 2 nitrogen and oxygen atoms in total. The van der Waals surface area contributed by atoms with E-state index in [0.29, 0.717) is 0 Å². The average Bonchev–Trinajstić information content (AvgIpc) is 1.53. The van der Waals surface area contributed by atoms with Crippen LogP contribution in [0.5, 0.6) is 11.5 Å². The molecular weight excluding hydrogens is 1670 g/mol. The van der Waals surface area contributed by atoms with Crippen LogP contribution in [0.1, 0.15) is 183 Å². The monoisotopic (exact) mass is 1790 g/mol. The Morgan fingerprint density at radius 2 is 0.471 bits per heavy atom. The van der Waals surface area contributed by atoms with Gasteiger partial charge in [0.1, 0.15) is 11.5 Å². The molecule has 1 atom stereocenters. The van der Waals surface area contributed by atoms with Crippen molar-refractivity contribution >= 4 is 0 Å². The average molecular weight is 1790 g/mol. The van der Waals surface area contributed by atoms with Crippen LogP contribution in [0, 0.1) is 48.5 Å². The number of fused-ring (bicyclic) bond motifs is 3. The Hall–Kier alpha value is -15.2. The summed E-state index contributed by atoms with van der Waals surface area (Å²) >= 11 is 0. The Morgan fingerprint density at radius 3 is 0.812 bits per heavy atom. The fourth-order valence-electron chi connectivity index (χ4n) is 20.3. The van der Waals surface area contributed by atoms with Crippen LogP contribution in [0.25, 0.3) is 66.8 Å². The third-order valence-electron chi connectivity index (χ3n) is 28.5. The second kappa shape index (κ2) is 42.8. The molecule has 0 amide bonds. The first-order valence-electron chi connectivity index (χ1n) is 49.1. The molecule has 682 valence electrons. The van der Waals surface area contributed by atoms with Gasteiger partial charge in [0.15, 0.2) is 0 Å². The van der Waals surface area contributed by atoms with Crippen molar-refractivity contribution in [2.45, 2.75) is 130 Å². The van der Waals surface area contributed by atoms with E-state index >= 15 is 0 Å². The first-order valence-corrected chi connectivity index (χ1v) is 49.1. The van der Waals surface area contributed by atoms with Crippen LogP contribution in [0.4, 0.5) is 0 Å². The Morgan fingerprint density at radius 1 is 0.217 bits per heavy atom. The fraction of sp³-hybridized carbons (Fsp3) is 0.162. The van der Waals surface area contributed by atoms with Gasteiger partial charge < -0.3 is 9.47 Å². The molecule has 0 fully saturated rings. The minimum absolute atomic E-state index is 0.112. The predicted octanol–water partition coefficient (Wildman–Crippen LogP) is 35.4. The lowest BCUT2D eigenvalue weighted by Crippen LogP contribution is -2.29. The van der Waals surface area contributed by atoms with E-state index in [0.717, 1.165) is 37.6 Å². The largest absolute Gasteiger partial charge is 0.494 e. The van der Waals surface area contributed by atoms with Gasteiger partial charge in [-0.2, -0.15) is 0 Å². The molecular formula is C136H126O2. The first-order chi connectivity index (χ1) is 67.2. The van der Waals surface area contributed by atoms with E-state index < -0.39 is 5.41 Å². The smallest absolute Gasteiger partial charge is 0.119 e. The zero-order valence-electron chi connectivity index (χ0n) is 82.3. The number of benzene rings is 19. The van der Waals surface area contributed by atoms with E-state index in [4.69, 9.17) is 9.47 Å². The SMILES string of the molecule is CCCOc1ccc(C(C)(C)c2ccc(C(C)(c3ccc(C)cc3)c3ccc(OCCC)cc3)cc2)cc1.Cc1ccc(C(C)(c2ccccc2)c2ccc(C)cc2)cc1.Cc1ccc(C(c2ccc(-c3ccccc3)cc2)c2ccc(C)c(-c3ccccc3)c2)cc1-c1ccccc1.Cc1ccc(C2(c3ccc(C)c(-c4ccccc4)c3)c3ccccc3-c3ccccc32)cc1-c1ccccc1. The van der Waals surface area contributed by atoms with Gasteiger partial charge in [-0.15, -0.1) is 0 Å². The summed E-state index contributed by atoms with van der Waals surface area (Å²) in [7, 11) is 0. The topological polar surface area (TPSA) is 18.5 Å². The summed E-state index contributed by atoms with van der Waals surface area (Å²) in [6.07, 6.45) is 2.01. The normalized spacial score (nSPS) is 12.2. The minimum Gasteiger partial charge on any atom is -0.494 e. The molecule has 0 N–H and O–H groups in total. The second-order valence-corrected chi connectivity index (χ2v) is 38.1. The number of hydrogen-bond donors (Lipinski definition) is 0. The quantitative estimate of drug-likeness (QED) is 0.0562. The molecule has 0 aliphatic heterocycles. The standard InChI is InChI=1S/C39H30.C39H32.C36H42O2.C22H22/c1-27-21-23-31(25-35(27)29-13-5-3-6-14-29)39(32-24-22-28(2)36(26-32)30-15-7-4-8-16-30)37-19-11-9-17-33(37)34-18-10-12-20-38(34)39;1-28-18-20-35(26-37(28)32-14-8-4-9-15-32)39(34-24-22-31(23-25-34)30-12-6-3-7-13-30)36-21-19-29(2)38(27-36)33-16-10-5-11-17-33;1-7-25-37-33-21-17-29(18-22-33)35(4,5)28-13-15-31(16-14-28)36(6,30-11-9-27(3)10-12-30)32-19-23-34(24-20-32)38-26-8-2;1-17-9-13-20(14-10-17)22(3,19-7-5-4-6-8-19)21-15-11-18(2)12-16-21/h3-26H,1-2H3;3-27,39H,1-2H3;9-24H,7-8,25-26H2,1-6H3;4-16H,1-3H3. The Balaban J connectivity index is 0.000000130. The Labute approximate surface area is 821 Å². The molecule has 1 aliphatic carbocycles. The maximum Gasteiger partial charge on any atom is 0.119 e. The van der Waals surface area contributed by atoms with Crippen LogP contribution in [0.2, 0.25) is 0 Å². The highest BCUT2D eigenvalue weighted by molar-refractivity contribution is 5.88. The summed E-state index contributed by atoms with van der Waals surface area (Å²) < 4.78 is 11.7. The summed E-state index contributed by atoms with van der Waals surface area (Å²) in [6, 6.07) is 173. The fourth-order valence-corrected chi connectivity index (χ4v) is 20.3. The van der Waals surface area contributed by atoms with Gasteiger partial charge in [-0.05, 0) is 296 Å². The highest BCUT2D eigenvalue weighted by Gasteiger charge is 2.47. The van der Waals surface area contributed by atoms with Gasteiger partial charge in [0.25, 0.3) is 0 Å². The van der Waals surface area contributed by atoms with Crippen LogP contribution in [0.15, 0.2) is 473 Å². The van der Waals surface area contributed by atoms with Gasteiger partial charge in [-0.1, -0.05) is 469 Å². The molecule has 2 heteroatoms. The third kappa shape index (κ3) is 20.2. The van der Waals surface area contributed by atoms with Crippen molar-refractivity contribution < 1.29 is 9.47 Å². The zero-order valence-corrected chi connectivity index (χ0v) is 82.3. The molecule has 0 heterocycles. The van der Waals surface area contributed by atoms with E-state index in [1.165, 1.54) is 189 Å². The lowest BCUT2D eigenvalue weighted by Gasteiger charge is -2.35. The summed E-state index contributed by atoms with van der Waals surface area (Å²) in [4.78, 5) is 0. The van der Waals surface area contributed by atoms with E-state index in [1.807, 2.05) is 0 Å². The van der Waals surface area contributed by atoms with Crippen LogP contribution in [0.3, 0.4) is 0 Å². The molecule has 19 aromatic carbocycles.